The van der Waals surface area contributed by atoms with Gasteiger partial charge in [0, 0.05) is 28.1 Å². The van der Waals surface area contributed by atoms with Crippen molar-refractivity contribution < 1.29 is 15.0 Å². The molecule has 3 heterocycles. The van der Waals surface area contributed by atoms with Gasteiger partial charge in [-0.15, -0.1) is 11.8 Å². The highest BCUT2D eigenvalue weighted by atomic mass is 35.5. The number of aliphatic hydroxyl groups excluding tert-OH is 2. The molecule has 148 valence electrons. The lowest BCUT2D eigenvalue weighted by atomic mass is 9.81. The van der Waals surface area contributed by atoms with Crippen LogP contribution in [0.5, 0.6) is 0 Å². The third-order valence-corrected chi connectivity index (χ3v) is 6.91. The highest BCUT2D eigenvalue weighted by molar-refractivity contribution is 7.98. The second kappa shape index (κ2) is 7.09. The first-order valence-corrected chi connectivity index (χ1v) is 10.6. The normalized spacial score (nSPS) is 25.7. The van der Waals surface area contributed by atoms with Crippen molar-refractivity contribution in [3.63, 3.8) is 0 Å². The third-order valence-electron chi connectivity index (χ3n) is 5.55. The Balaban J connectivity index is 1.69. The van der Waals surface area contributed by atoms with E-state index >= 15 is 0 Å². The van der Waals surface area contributed by atoms with Crippen LogP contribution in [0, 0.1) is 0 Å². The molecule has 0 radical (unpaired) electrons. The SMILES string of the molecule is O=C1NCC(C2c3ccccc3CSc3cc(Cl)ccc32)N2N=CC(O)C(O)=C12. The Hall–Kier alpha value is -2.48. The van der Waals surface area contributed by atoms with Crippen molar-refractivity contribution in [2.24, 2.45) is 5.10 Å². The lowest BCUT2D eigenvalue weighted by Crippen LogP contribution is -2.55. The maximum absolute atomic E-state index is 12.4. The summed E-state index contributed by atoms with van der Waals surface area (Å²) in [6.45, 7) is 0.356. The molecule has 1 fully saturated rings. The number of halogens is 1. The van der Waals surface area contributed by atoms with E-state index in [1.165, 1.54) is 11.8 Å². The molecule has 29 heavy (non-hydrogen) atoms. The molecule has 8 heteroatoms. The third kappa shape index (κ3) is 3.01. The lowest BCUT2D eigenvalue weighted by molar-refractivity contribution is -0.122. The number of piperazine rings is 1. The van der Waals surface area contributed by atoms with Crippen LogP contribution in [0.15, 0.2) is 63.9 Å². The number of fused-ring (bicyclic) bond motifs is 3. The van der Waals surface area contributed by atoms with Crippen molar-refractivity contribution in [1.82, 2.24) is 10.3 Å². The average molecular weight is 428 g/mol. The van der Waals surface area contributed by atoms with E-state index < -0.39 is 12.0 Å². The first-order chi connectivity index (χ1) is 14.0. The summed E-state index contributed by atoms with van der Waals surface area (Å²) in [5.41, 5.74) is 3.47. The summed E-state index contributed by atoms with van der Waals surface area (Å²) in [6, 6.07) is 13.9. The van der Waals surface area contributed by atoms with E-state index in [1.54, 1.807) is 16.8 Å². The van der Waals surface area contributed by atoms with Crippen LogP contribution in [0.25, 0.3) is 0 Å². The average Bonchev–Trinajstić information content (AvgIpc) is 2.88. The predicted molar refractivity (Wildman–Crippen MR) is 112 cm³/mol. The number of nitrogens with one attached hydrogen (secondary N) is 1. The van der Waals surface area contributed by atoms with Gasteiger partial charge in [-0.2, -0.15) is 5.10 Å². The van der Waals surface area contributed by atoms with Gasteiger partial charge in [0.1, 0.15) is 6.10 Å². The van der Waals surface area contributed by atoms with Crippen LogP contribution in [0.4, 0.5) is 0 Å². The van der Waals surface area contributed by atoms with Crippen LogP contribution >= 0.6 is 23.4 Å². The number of hydrogen-bond donors (Lipinski definition) is 3. The summed E-state index contributed by atoms with van der Waals surface area (Å²) in [6.07, 6.45) is -0.0290. The van der Waals surface area contributed by atoms with E-state index in [0.29, 0.717) is 11.6 Å². The Bertz CT molecular complexity index is 1070. The minimum atomic E-state index is -1.28. The van der Waals surface area contributed by atoms with Crippen molar-refractivity contribution in [2.75, 3.05) is 6.54 Å². The first kappa shape index (κ1) is 18.5. The van der Waals surface area contributed by atoms with E-state index in [1.807, 2.05) is 30.3 Å². The molecule has 0 bridgehead atoms. The minimum Gasteiger partial charge on any atom is -0.507 e. The molecular weight excluding hydrogens is 410 g/mol. The summed E-state index contributed by atoms with van der Waals surface area (Å²) >= 11 is 8.00. The summed E-state index contributed by atoms with van der Waals surface area (Å²) in [4.78, 5) is 13.5. The molecular formula is C21H18ClN3O3S. The minimum absolute atomic E-state index is 0.00106. The van der Waals surface area contributed by atoms with Gasteiger partial charge in [0.15, 0.2) is 11.5 Å². The fraction of sp³-hybridized carbons (Fsp3) is 0.238. The maximum Gasteiger partial charge on any atom is 0.273 e. The molecule has 2 aromatic carbocycles. The highest BCUT2D eigenvalue weighted by Crippen LogP contribution is 2.45. The van der Waals surface area contributed by atoms with Gasteiger partial charge in [-0.05, 0) is 28.8 Å². The standard InChI is InChI=1S/C21H18ClN3O3S/c22-12-5-6-14-17(7-12)29-10-11-3-1-2-4-13(11)18(14)15-8-23-21(28)19-20(27)16(26)9-24-25(15)19/h1-7,9,15-16,18,26-27H,8,10H2,(H,23,28). The zero-order chi connectivity index (χ0) is 20.1. The number of thioether (sulfide) groups is 1. The highest BCUT2D eigenvalue weighted by Gasteiger charge is 2.43. The largest absolute Gasteiger partial charge is 0.507 e. The van der Waals surface area contributed by atoms with Crippen molar-refractivity contribution >= 4 is 35.5 Å². The Morgan fingerprint density at radius 2 is 2.03 bits per heavy atom. The monoisotopic (exact) mass is 427 g/mol. The van der Waals surface area contributed by atoms with Crippen LogP contribution < -0.4 is 5.32 Å². The Morgan fingerprint density at radius 3 is 2.90 bits per heavy atom. The molecule has 0 aliphatic carbocycles. The quantitative estimate of drug-likeness (QED) is 0.651. The maximum atomic E-state index is 12.4. The number of carbonyl (C=O) groups is 1. The zero-order valence-electron chi connectivity index (χ0n) is 15.2. The molecule has 3 aliphatic heterocycles. The number of benzene rings is 2. The number of rotatable bonds is 1. The summed E-state index contributed by atoms with van der Waals surface area (Å²) in [5.74, 6) is -0.115. The zero-order valence-corrected chi connectivity index (χ0v) is 16.8. The first-order valence-electron chi connectivity index (χ1n) is 9.27. The van der Waals surface area contributed by atoms with E-state index in [4.69, 9.17) is 11.6 Å². The van der Waals surface area contributed by atoms with Crippen LogP contribution in [0.2, 0.25) is 5.02 Å². The molecule has 2 aromatic rings. The van der Waals surface area contributed by atoms with E-state index in [-0.39, 0.29) is 23.4 Å². The second-order valence-corrected chi connectivity index (χ2v) is 8.67. The molecule has 3 atom stereocenters. The van der Waals surface area contributed by atoms with E-state index in [0.717, 1.165) is 21.8 Å². The predicted octanol–water partition coefficient (Wildman–Crippen LogP) is 3.01. The van der Waals surface area contributed by atoms with Crippen LogP contribution in [0.1, 0.15) is 22.6 Å². The molecule has 0 aromatic heterocycles. The molecule has 3 N–H and O–H groups in total. The van der Waals surface area contributed by atoms with Crippen molar-refractivity contribution in [3.05, 3.63) is 75.6 Å². The number of aliphatic hydroxyl groups is 2. The Kier molecular flexibility index (Phi) is 4.53. The van der Waals surface area contributed by atoms with Gasteiger partial charge < -0.3 is 15.5 Å². The summed E-state index contributed by atoms with van der Waals surface area (Å²) < 4.78 is 0. The molecule has 3 unspecified atom stereocenters. The molecule has 5 rings (SSSR count). The summed E-state index contributed by atoms with van der Waals surface area (Å²) in [5, 5.41) is 29.7. The molecule has 1 saturated heterocycles. The van der Waals surface area contributed by atoms with Crippen molar-refractivity contribution in [2.45, 2.75) is 28.7 Å². The van der Waals surface area contributed by atoms with Crippen LogP contribution in [-0.4, -0.2) is 46.0 Å². The van der Waals surface area contributed by atoms with Gasteiger partial charge in [-0.25, -0.2) is 0 Å². The smallest absolute Gasteiger partial charge is 0.273 e. The number of carbonyl (C=O) groups excluding carboxylic acids is 1. The Labute approximate surface area is 176 Å². The number of amides is 1. The van der Waals surface area contributed by atoms with Gasteiger partial charge in [0.2, 0.25) is 0 Å². The van der Waals surface area contributed by atoms with Gasteiger partial charge in [0.25, 0.3) is 5.91 Å². The summed E-state index contributed by atoms with van der Waals surface area (Å²) in [7, 11) is 0. The number of hydrazone groups is 1. The number of nitrogens with zero attached hydrogens (tertiary/aromatic N) is 2. The molecule has 0 spiro atoms. The molecule has 1 amide bonds. The second-order valence-electron chi connectivity index (χ2n) is 7.21. The molecule has 6 nitrogen and oxygen atoms in total. The fourth-order valence-corrected chi connectivity index (χ4v) is 5.60. The van der Waals surface area contributed by atoms with Gasteiger partial charge in [-0.3, -0.25) is 9.80 Å². The van der Waals surface area contributed by atoms with Crippen molar-refractivity contribution in [3.8, 4) is 0 Å². The fourth-order valence-electron chi connectivity index (χ4n) is 4.22. The molecule has 3 aliphatic rings. The van der Waals surface area contributed by atoms with E-state index in [9.17, 15) is 15.0 Å². The van der Waals surface area contributed by atoms with E-state index in [2.05, 4.69) is 22.6 Å². The Morgan fingerprint density at radius 1 is 1.21 bits per heavy atom. The van der Waals surface area contributed by atoms with Crippen molar-refractivity contribution in [1.29, 1.82) is 0 Å². The lowest BCUT2D eigenvalue weighted by Gasteiger charge is -2.42. The molecule has 0 saturated carbocycles. The van der Waals surface area contributed by atoms with Gasteiger partial charge in [0.05, 0.1) is 12.3 Å². The van der Waals surface area contributed by atoms with Crippen LogP contribution in [0.3, 0.4) is 0 Å². The topological polar surface area (TPSA) is 85.2 Å². The van der Waals surface area contributed by atoms with Crippen LogP contribution in [-0.2, 0) is 10.5 Å². The van der Waals surface area contributed by atoms with Gasteiger partial charge >= 0.3 is 0 Å². The number of hydrogen-bond acceptors (Lipinski definition) is 6. The van der Waals surface area contributed by atoms with Gasteiger partial charge in [-0.1, -0.05) is 41.9 Å².